The fourth-order valence-electron chi connectivity index (χ4n) is 3.37. The third-order valence-corrected chi connectivity index (χ3v) is 4.56. The molecule has 0 saturated heterocycles. The molecule has 0 spiro atoms. The predicted octanol–water partition coefficient (Wildman–Crippen LogP) is 3.45. The summed E-state index contributed by atoms with van der Waals surface area (Å²) >= 11 is 0. The molecule has 3 rings (SSSR count). The molecule has 1 aromatic carbocycles. The van der Waals surface area contributed by atoms with Crippen LogP contribution in [0.3, 0.4) is 0 Å². The molecular formula is C18H22F2N4O. The number of alkyl halides is 2. The first-order valence-electron chi connectivity index (χ1n) is 8.48. The molecule has 0 aliphatic heterocycles. The average molecular weight is 348 g/mol. The van der Waals surface area contributed by atoms with Gasteiger partial charge in [-0.25, -0.2) is 18.6 Å². The van der Waals surface area contributed by atoms with Gasteiger partial charge in [0.05, 0.1) is 25.0 Å². The van der Waals surface area contributed by atoms with Gasteiger partial charge >= 0.3 is 6.03 Å². The van der Waals surface area contributed by atoms with E-state index in [2.05, 4.69) is 10.3 Å². The summed E-state index contributed by atoms with van der Waals surface area (Å²) in [6.07, 6.45) is 5.50. The van der Waals surface area contributed by atoms with Crippen molar-refractivity contribution in [3.63, 3.8) is 0 Å². The summed E-state index contributed by atoms with van der Waals surface area (Å²) in [5, 5.41) is 2.95. The summed E-state index contributed by atoms with van der Waals surface area (Å²) in [5.41, 5.74) is 0.830. The number of imidazole rings is 1. The summed E-state index contributed by atoms with van der Waals surface area (Å²) < 4.78 is 27.8. The van der Waals surface area contributed by atoms with Gasteiger partial charge in [0.1, 0.15) is 0 Å². The van der Waals surface area contributed by atoms with Crippen LogP contribution in [0.25, 0.3) is 0 Å². The van der Waals surface area contributed by atoms with Gasteiger partial charge in [0.2, 0.25) is 0 Å². The van der Waals surface area contributed by atoms with Crippen LogP contribution < -0.4 is 5.32 Å². The number of carbonyl (C=O) groups is 1. The zero-order chi connectivity index (χ0) is 17.6. The lowest BCUT2D eigenvalue weighted by Gasteiger charge is -2.28. The number of urea groups is 1. The Morgan fingerprint density at radius 2 is 2.12 bits per heavy atom. The summed E-state index contributed by atoms with van der Waals surface area (Å²) in [4.78, 5) is 17.8. The second-order valence-corrected chi connectivity index (χ2v) is 6.32. The molecule has 0 bridgehead atoms. The van der Waals surface area contributed by atoms with Crippen molar-refractivity contribution in [2.24, 2.45) is 0 Å². The molecule has 0 unspecified atom stereocenters. The molecule has 1 aliphatic rings. The molecule has 7 heteroatoms. The number of halogens is 2. The van der Waals surface area contributed by atoms with Crippen LogP contribution in [-0.2, 0) is 6.54 Å². The number of hydrogen-bond donors (Lipinski definition) is 1. The first-order chi connectivity index (χ1) is 12.1. The van der Waals surface area contributed by atoms with Crippen molar-refractivity contribution >= 4 is 6.03 Å². The Labute approximate surface area is 145 Å². The minimum absolute atomic E-state index is 0.0716. The van der Waals surface area contributed by atoms with Crippen LogP contribution in [0, 0.1) is 0 Å². The second kappa shape index (κ2) is 8.09. The van der Waals surface area contributed by atoms with E-state index < -0.39 is 19.0 Å². The number of nitrogens with one attached hydrogen (secondary N) is 1. The van der Waals surface area contributed by atoms with Gasteiger partial charge in [0.15, 0.2) is 0 Å². The molecule has 0 radical (unpaired) electrons. The standard InChI is InChI=1S/C18H22F2N4O/c19-17(20)12-24(11-14-5-2-1-3-6-14)18(25)22-15-7-4-8-16(15)23-10-9-21-13-23/h1-3,5-6,9-10,13,15-17H,4,7-8,11-12H2,(H,22,25)/t15-,16+/m0/s1. The monoisotopic (exact) mass is 348 g/mol. The van der Waals surface area contributed by atoms with Crippen LogP contribution in [0.15, 0.2) is 49.1 Å². The maximum absolute atomic E-state index is 12.9. The number of nitrogens with zero attached hydrogens (tertiary/aromatic N) is 3. The topological polar surface area (TPSA) is 50.2 Å². The summed E-state index contributed by atoms with van der Waals surface area (Å²) in [7, 11) is 0. The highest BCUT2D eigenvalue weighted by Crippen LogP contribution is 2.30. The van der Waals surface area contributed by atoms with Crippen molar-refractivity contribution in [1.82, 2.24) is 19.8 Å². The minimum atomic E-state index is -2.57. The summed E-state index contributed by atoms with van der Waals surface area (Å²) in [6, 6.07) is 8.79. The van der Waals surface area contributed by atoms with Crippen LogP contribution in [-0.4, -0.2) is 39.5 Å². The molecule has 2 amide bonds. The maximum atomic E-state index is 12.9. The van der Waals surface area contributed by atoms with Crippen molar-refractivity contribution in [2.45, 2.75) is 44.3 Å². The Morgan fingerprint density at radius 3 is 2.80 bits per heavy atom. The van der Waals surface area contributed by atoms with Gasteiger partial charge in [0.25, 0.3) is 6.43 Å². The van der Waals surface area contributed by atoms with E-state index in [-0.39, 0.29) is 18.6 Å². The molecule has 5 nitrogen and oxygen atoms in total. The molecule has 2 aromatic rings. The van der Waals surface area contributed by atoms with Crippen molar-refractivity contribution < 1.29 is 13.6 Å². The zero-order valence-corrected chi connectivity index (χ0v) is 13.9. The van der Waals surface area contributed by atoms with E-state index in [4.69, 9.17) is 0 Å². The predicted molar refractivity (Wildman–Crippen MR) is 90.3 cm³/mol. The third kappa shape index (κ3) is 4.55. The van der Waals surface area contributed by atoms with Crippen molar-refractivity contribution in [2.75, 3.05) is 6.54 Å². The molecule has 1 aromatic heterocycles. The summed E-state index contributed by atoms with van der Waals surface area (Å²) in [6.45, 7) is -0.414. The first kappa shape index (κ1) is 17.4. The molecule has 1 fully saturated rings. The Hall–Kier alpha value is -2.44. The lowest BCUT2D eigenvalue weighted by Crippen LogP contribution is -2.47. The SMILES string of the molecule is O=C(N[C@H]1CCC[C@H]1n1ccnc1)N(Cc1ccccc1)CC(F)F. The average Bonchev–Trinajstić information content (AvgIpc) is 3.25. The van der Waals surface area contributed by atoms with Gasteiger partial charge in [-0.05, 0) is 24.8 Å². The Kier molecular flexibility index (Phi) is 5.63. The highest BCUT2D eigenvalue weighted by Gasteiger charge is 2.31. The largest absolute Gasteiger partial charge is 0.333 e. The first-order valence-corrected chi connectivity index (χ1v) is 8.48. The molecule has 1 saturated carbocycles. The maximum Gasteiger partial charge on any atom is 0.318 e. The van der Waals surface area contributed by atoms with E-state index in [1.807, 2.05) is 41.1 Å². The van der Waals surface area contributed by atoms with Gasteiger partial charge in [-0.3, -0.25) is 0 Å². The Bertz CT molecular complexity index is 663. The highest BCUT2D eigenvalue weighted by atomic mass is 19.3. The van der Waals surface area contributed by atoms with Crippen molar-refractivity contribution in [1.29, 1.82) is 0 Å². The number of benzene rings is 1. The van der Waals surface area contributed by atoms with Crippen molar-refractivity contribution in [3.8, 4) is 0 Å². The van der Waals surface area contributed by atoms with Crippen LogP contribution in [0.4, 0.5) is 13.6 Å². The smallest absolute Gasteiger partial charge is 0.318 e. The van der Waals surface area contributed by atoms with E-state index >= 15 is 0 Å². The van der Waals surface area contributed by atoms with Crippen LogP contribution in [0.5, 0.6) is 0 Å². The van der Waals surface area contributed by atoms with Crippen LogP contribution in [0.1, 0.15) is 30.9 Å². The highest BCUT2D eigenvalue weighted by molar-refractivity contribution is 5.74. The number of aromatic nitrogens is 2. The zero-order valence-electron chi connectivity index (χ0n) is 13.9. The van der Waals surface area contributed by atoms with Gasteiger partial charge in [0, 0.05) is 18.9 Å². The van der Waals surface area contributed by atoms with Crippen LogP contribution in [0.2, 0.25) is 0 Å². The molecule has 25 heavy (non-hydrogen) atoms. The number of carbonyl (C=O) groups excluding carboxylic acids is 1. The van der Waals surface area contributed by atoms with Gasteiger partial charge in [-0.15, -0.1) is 0 Å². The molecule has 1 aliphatic carbocycles. The molecule has 1 heterocycles. The van der Waals surface area contributed by atoms with Crippen molar-refractivity contribution in [3.05, 3.63) is 54.6 Å². The van der Waals surface area contributed by atoms with E-state index in [1.165, 1.54) is 4.90 Å². The molecular weight excluding hydrogens is 326 g/mol. The number of rotatable bonds is 6. The lowest BCUT2D eigenvalue weighted by atomic mass is 10.1. The Balaban J connectivity index is 1.67. The van der Waals surface area contributed by atoms with E-state index in [1.54, 1.807) is 12.5 Å². The van der Waals surface area contributed by atoms with Crippen LogP contribution >= 0.6 is 0 Å². The normalized spacial score (nSPS) is 20.0. The van der Waals surface area contributed by atoms with Gasteiger partial charge in [-0.1, -0.05) is 30.3 Å². The van der Waals surface area contributed by atoms with E-state index in [0.717, 1.165) is 24.8 Å². The number of hydrogen-bond acceptors (Lipinski definition) is 2. The third-order valence-electron chi connectivity index (χ3n) is 4.56. The van der Waals surface area contributed by atoms with E-state index in [9.17, 15) is 13.6 Å². The van der Waals surface area contributed by atoms with Gasteiger partial charge < -0.3 is 14.8 Å². The number of amides is 2. The van der Waals surface area contributed by atoms with E-state index in [0.29, 0.717) is 0 Å². The molecule has 2 atom stereocenters. The fraction of sp³-hybridized carbons (Fsp3) is 0.444. The minimum Gasteiger partial charge on any atom is -0.333 e. The summed E-state index contributed by atoms with van der Waals surface area (Å²) in [5.74, 6) is 0. The Morgan fingerprint density at radius 1 is 1.32 bits per heavy atom. The molecule has 134 valence electrons. The quantitative estimate of drug-likeness (QED) is 0.869. The second-order valence-electron chi connectivity index (χ2n) is 6.32. The van der Waals surface area contributed by atoms with Gasteiger partial charge in [-0.2, -0.15) is 0 Å². The lowest BCUT2D eigenvalue weighted by molar-refractivity contribution is 0.0942. The molecule has 1 N–H and O–H groups in total. The fourth-order valence-corrected chi connectivity index (χ4v) is 3.37.